The number of benzene rings is 2. The van der Waals surface area contributed by atoms with E-state index >= 15 is 0 Å². The van der Waals surface area contributed by atoms with E-state index in [1.54, 1.807) is 13.8 Å². The molecule has 0 aliphatic rings. The number of hydrogen-bond acceptors (Lipinski definition) is 2. The molecule has 0 aromatic heterocycles. The summed E-state index contributed by atoms with van der Waals surface area (Å²) in [5.74, 6) is 0. The lowest BCUT2D eigenvalue weighted by Crippen LogP contribution is -2.61. The summed E-state index contributed by atoms with van der Waals surface area (Å²) in [7, 11) is 0. The molecule has 0 aliphatic heterocycles. The number of halogens is 3. The lowest BCUT2D eigenvalue weighted by atomic mass is 9.84. The molecule has 27 heavy (non-hydrogen) atoms. The molecule has 0 fully saturated rings. The van der Waals surface area contributed by atoms with Crippen LogP contribution in [0, 0.1) is 0 Å². The van der Waals surface area contributed by atoms with Gasteiger partial charge in [-0.1, -0.05) is 36.4 Å². The smallest absolute Gasteiger partial charge is 0.378 e. The Morgan fingerprint density at radius 1 is 1.00 bits per heavy atom. The highest BCUT2D eigenvalue weighted by molar-refractivity contribution is 5.89. The molecule has 0 radical (unpaired) electrons. The van der Waals surface area contributed by atoms with E-state index in [4.69, 9.17) is 4.74 Å². The normalized spacial score (nSPS) is 15.6. The van der Waals surface area contributed by atoms with Crippen molar-refractivity contribution < 1.29 is 23.0 Å². The molecule has 0 heterocycles. The Bertz CT molecular complexity index is 861. The number of ether oxygens (including phenoxy) is 1. The van der Waals surface area contributed by atoms with Gasteiger partial charge in [0, 0.05) is 0 Å². The van der Waals surface area contributed by atoms with Gasteiger partial charge in [0.25, 0.3) is 0 Å². The first-order valence-corrected chi connectivity index (χ1v) is 8.78. The number of rotatable bonds is 5. The van der Waals surface area contributed by atoms with Gasteiger partial charge in [0.15, 0.2) is 5.60 Å². The zero-order chi connectivity index (χ0) is 20.8. The number of alkyl halides is 3. The van der Waals surface area contributed by atoms with E-state index in [1.807, 2.05) is 43.3 Å². The highest BCUT2D eigenvalue weighted by Crippen LogP contribution is 2.45. The van der Waals surface area contributed by atoms with Crippen molar-refractivity contribution in [3.63, 3.8) is 0 Å². The van der Waals surface area contributed by atoms with Crippen LogP contribution in [0.5, 0.6) is 0 Å². The molecule has 0 bridgehead atoms. The highest BCUT2D eigenvalue weighted by Gasteiger charge is 2.61. The van der Waals surface area contributed by atoms with Crippen LogP contribution >= 0.6 is 0 Å². The summed E-state index contributed by atoms with van der Waals surface area (Å²) in [6.45, 7) is 12.5. The van der Waals surface area contributed by atoms with Crippen LogP contribution in [0.15, 0.2) is 43.0 Å². The van der Waals surface area contributed by atoms with E-state index < -0.39 is 23.0 Å². The Balaban J connectivity index is 2.61. The van der Waals surface area contributed by atoms with Crippen molar-refractivity contribution in [2.24, 2.45) is 0 Å². The van der Waals surface area contributed by atoms with Crippen molar-refractivity contribution >= 4 is 16.3 Å². The molecule has 0 saturated heterocycles. The predicted molar refractivity (Wildman–Crippen MR) is 104 cm³/mol. The average molecular weight is 380 g/mol. The molecule has 2 rings (SSSR count). The second kappa shape index (κ2) is 6.64. The maximum atomic E-state index is 13.4. The lowest BCUT2D eigenvalue weighted by molar-refractivity contribution is -0.328. The highest BCUT2D eigenvalue weighted by atomic mass is 19.4. The predicted octanol–water partition coefficient (Wildman–Crippen LogP) is 6.22. The first-order valence-electron chi connectivity index (χ1n) is 8.78. The van der Waals surface area contributed by atoms with Crippen molar-refractivity contribution in [2.45, 2.75) is 64.5 Å². The summed E-state index contributed by atoms with van der Waals surface area (Å²) >= 11 is 0. The minimum Gasteiger partial charge on any atom is -0.378 e. The van der Waals surface area contributed by atoms with E-state index in [9.17, 15) is 18.3 Å². The Labute approximate surface area is 158 Å². The zero-order valence-electron chi connectivity index (χ0n) is 16.7. The van der Waals surface area contributed by atoms with Crippen LogP contribution in [0.3, 0.4) is 0 Å². The molecule has 5 heteroatoms. The largest absolute Gasteiger partial charge is 0.419 e. The summed E-state index contributed by atoms with van der Waals surface area (Å²) < 4.78 is 46.1. The molecule has 0 amide bonds. The second-order valence-electron chi connectivity index (χ2n) is 8.22. The van der Waals surface area contributed by atoms with Crippen molar-refractivity contribution in [1.29, 1.82) is 0 Å². The topological polar surface area (TPSA) is 29.5 Å². The van der Waals surface area contributed by atoms with Crippen LogP contribution < -0.4 is 0 Å². The van der Waals surface area contributed by atoms with Crippen LogP contribution in [-0.2, 0) is 10.3 Å². The number of hydrogen-bond donors (Lipinski definition) is 1. The molecule has 1 unspecified atom stereocenters. The fourth-order valence-corrected chi connectivity index (χ4v) is 3.19. The van der Waals surface area contributed by atoms with Crippen molar-refractivity contribution in [2.75, 3.05) is 0 Å². The van der Waals surface area contributed by atoms with E-state index in [2.05, 4.69) is 6.58 Å². The molecule has 2 aromatic rings. The van der Waals surface area contributed by atoms with Crippen LogP contribution in [0.1, 0.15) is 52.7 Å². The minimum atomic E-state index is -4.83. The van der Waals surface area contributed by atoms with Crippen LogP contribution in [-0.4, -0.2) is 22.5 Å². The molecule has 148 valence electrons. The maximum Gasteiger partial charge on any atom is 0.419 e. The Hall–Kier alpha value is -1.85. The molecule has 2 aromatic carbocycles. The van der Waals surface area contributed by atoms with Gasteiger partial charge in [-0.2, -0.15) is 13.2 Å². The molecule has 1 N–H and O–H groups in total. The zero-order valence-corrected chi connectivity index (χ0v) is 16.7. The Morgan fingerprint density at radius 3 is 2.07 bits per heavy atom. The summed E-state index contributed by atoms with van der Waals surface area (Å²) in [4.78, 5) is 0. The summed E-state index contributed by atoms with van der Waals surface area (Å²) in [6.07, 6.45) is -4.83. The van der Waals surface area contributed by atoms with Gasteiger partial charge < -0.3 is 9.84 Å². The quantitative estimate of drug-likeness (QED) is 0.667. The maximum absolute atomic E-state index is 13.4. The van der Waals surface area contributed by atoms with E-state index in [0.717, 1.165) is 34.4 Å². The third-order valence-electron chi connectivity index (χ3n) is 5.24. The third-order valence-corrected chi connectivity index (χ3v) is 5.24. The molecule has 2 nitrogen and oxygen atoms in total. The van der Waals surface area contributed by atoms with Gasteiger partial charge in [0.05, 0.1) is 5.60 Å². The van der Waals surface area contributed by atoms with Gasteiger partial charge in [-0.3, -0.25) is 0 Å². The average Bonchev–Trinajstić information content (AvgIpc) is 2.51. The van der Waals surface area contributed by atoms with Gasteiger partial charge in [-0.05, 0) is 75.6 Å². The third kappa shape index (κ3) is 3.90. The summed E-state index contributed by atoms with van der Waals surface area (Å²) in [5.41, 5.74) is -3.51. The molecule has 1 atom stereocenters. The van der Waals surface area contributed by atoms with Gasteiger partial charge in [0.1, 0.15) is 5.60 Å². The number of allylic oxidation sites excluding steroid dienone is 1. The second-order valence-corrected chi connectivity index (χ2v) is 8.22. The molecule has 0 aliphatic carbocycles. The fourth-order valence-electron chi connectivity index (χ4n) is 3.19. The summed E-state index contributed by atoms with van der Waals surface area (Å²) in [6, 6.07) is 11.5. The van der Waals surface area contributed by atoms with Gasteiger partial charge >= 0.3 is 6.18 Å². The Morgan fingerprint density at radius 2 is 1.56 bits per heavy atom. The first kappa shape index (κ1) is 21.5. The summed E-state index contributed by atoms with van der Waals surface area (Å²) in [5, 5.41) is 12.0. The van der Waals surface area contributed by atoms with E-state index in [-0.39, 0.29) is 0 Å². The SMILES string of the molecule is C=C(C)c1cc(C(C)(C)OC(C)(C)C(C)(O)C(F)(F)F)c2ccccc2c1. The minimum absolute atomic E-state index is 0.740. The van der Waals surface area contributed by atoms with Crippen molar-refractivity contribution in [3.8, 4) is 0 Å². The Kier molecular flexibility index (Phi) is 5.28. The number of fused-ring (bicyclic) bond motifs is 1. The van der Waals surface area contributed by atoms with Gasteiger partial charge in [0.2, 0.25) is 0 Å². The first-order chi connectivity index (χ1) is 12.1. The van der Waals surface area contributed by atoms with Crippen molar-refractivity contribution in [1.82, 2.24) is 0 Å². The monoisotopic (exact) mass is 380 g/mol. The molecule has 0 spiro atoms. The standard InChI is InChI=1S/C22H27F3O2/c1-14(2)16-12-15-10-8-9-11-17(15)18(13-16)19(3,4)27-20(5,6)21(7,26)22(23,24)25/h8-13,26H,1H2,2-7H3. The number of aliphatic hydroxyl groups is 1. The van der Waals surface area contributed by atoms with E-state index in [1.165, 1.54) is 13.8 Å². The molecular formula is C22H27F3O2. The molecule has 0 saturated carbocycles. The van der Waals surface area contributed by atoms with Crippen LogP contribution in [0.2, 0.25) is 0 Å². The van der Waals surface area contributed by atoms with E-state index in [0.29, 0.717) is 0 Å². The fraction of sp³-hybridized carbons (Fsp3) is 0.455. The van der Waals surface area contributed by atoms with Crippen LogP contribution in [0.25, 0.3) is 16.3 Å². The van der Waals surface area contributed by atoms with Crippen molar-refractivity contribution in [3.05, 3.63) is 54.1 Å². The van der Waals surface area contributed by atoms with Gasteiger partial charge in [-0.25, -0.2) is 0 Å². The lowest BCUT2D eigenvalue weighted by Gasteiger charge is -2.45. The molecular weight excluding hydrogens is 353 g/mol. The van der Waals surface area contributed by atoms with Gasteiger partial charge in [-0.15, -0.1) is 0 Å². The van der Waals surface area contributed by atoms with Crippen LogP contribution in [0.4, 0.5) is 13.2 Å².